The lowest BCUT2D eigenvalue weighted by Crippen LogP contribution is -2.61. The number of guanidine groups is 2. The largest absolute Gasteiger partial charge is 0.480 e. The zero-order valence-electron chi connectivity index (χ0n) is 49.8. The van der Waals surface area contributed by atoms with Gasteiger partial charge in [0, 0.05) is 43.0 Å². The maximum atomic E-state index is 14.7. The van der Waals surface area contributed by atoms with Crippen LogP contribution in [0, 0.1) is 5.92 Å². The zero-order chi connectivity index (χ0) is 64.6. The van der Waals surface area contributed by atoms with Gasteiger partial charge >= 0.3 is 5.97 Å². The van der Waals surface area contributed by atoms with E-state index in [9.17, 15) is 53.1 Å². The maximum absolute atomic E-state index is 14.7. The van der Waals surface area contributed by atoms with Gasteiger partial charge in [-0.05, 0) is 107 Å². The summed E-state index contributed by atoms with van der Waals surface area (Å²) in [5.74, 6) is -10.3. The Morgan fingerprint density at radius 1 is 0.506 bits per heavy atom. The van der Waals surface area contributed by atoms with Crippen LogP contribution in [0.1, 0.15) is 109 Å². The van der Waals surface area contributed by atoms with Gasteiger partial charge in [-0.3, -0.25) is 53.1 Å². The Balaban J connectivity index is 1.99. The number of H-pyrrole nitrogens is 1. The number of hydrogen-bond donors (Lipinski definition) is 18. The predicted octanol–water partition coefficient (Wildman–Crippen LogP) is -3.45. The third-order valence-electron chi connectivity index (χ3n) is 14.2. The number of aliphatic carboxylic acids is 1. The van der Waals surface area contributed by atoms with Crippen LogP contribution in [0.3, 0.4) is 0 Å². The number of nitrogens with zero attached hydrogens (tertiary/aromatic N) is 2. The van der Waals surface area contributed by atoms with Crippen LogP contribution in [0.4, 0.5) is 0 Å². The molecule has 0 bridgehead atoms. The number of para-hydroxylation sites is 1. The van der Waals surface area contributed by atoms with Gasteiger partial charge in [-0.2, -0.15) is 0 Å². The van der Waals surface area contributed by atoms with Crippen molar-refractivity contribution in [2.45, 2.75) is 165 Å². The SMILES string of the molecule is CC[C@H](C)[C@H](NC(=O)[C@H](CC(N)=O)NC(=O)[C@H](CCCCN)NC(=O)[C@H](Cc1ccccc1)NC(=O)[C@H](CCCN=C(N)N)NC(=O)[C@H](Cc1c[nH]c2ccccc12)NC(=O)[C@H](C)N)C(=O)N[C@@H](CCCN=C(N)N)C(=O)N[C@@H](CCCCN)C(=O)O. The number of unbranched alkanes of at least 4 members (excludes halogenated alkanes) is 2. The van der Waals surface area contributed by atoms with Crippen molar-refractivity contribution < 1.29 is 53.1 Å². The van der Waals surface area contributed by atoms with E-state index in [-0.39, 0.29) is 95.8 Å². The van der Waals surface area contributed by atoms with Gasteiger partial charge in [0.05, 0.1) is 12.5 Å². The monoisotopic (exact) mass is 1220 g/mol. The molecular weight excluding hydrogens is 1130 g/mol. The fourth-order valence-corrected chi connectivity index (χ4v) is 9.14. The first-order valence-electron chi connectivity index (χ1n) is 29.2. The average molecular weight is 1220 g/mol. The highest BCUT2D eigenvalue weighted by Gasteiger charge is 2.37. The van der Waals surface area contributed by atoms with Crippen LogP contribution in [0.15, 0.2) is 70.8 Å². The van der Waals surface area contributed by atoms with Crippen LogP contribution >= 0.6 is 0 Å². The second-order valence-electron chi connectivity index (χ2n) is 21.3. The number of aromatic amines is 1. The molecule has 1 heterocycles. The van der Waals surface area contributed by atoms with Crippen molar-refractivity contribution in [3.05, 3.63) is 71.9 Å². The Morgan fingerprint density at radius 3 is 1.43 bits per heavy atom. The highest BCUT2D eigenvalue weighted by Crippen LogP contribution is 2.20. The Bertz CT molecular complexity index is 2810. The summed E-state index contributed by atoms with van der Waals surface area (Å²) in [6, 6.07) is 3.57. The smallest absolute Gasteiger partial charge is 0.326 e. The van der Waals surface area contributed by atoms with E-state index in [4.69, 9.17) is 45.9 Å². The van der Waals surface area contributed by atoms with Crippen molar-refractivity contribution in [3.63, 3.8) is 0 Å². The van der Waals surface area contributed by atoms with Crippen molar-refractivity contribution in [1.29, 1.82) is 0 Å². The number of nitrogens with two attached hydrogens (primary N) is 8. The molecule has 0 aliphatic carbocycles. The second-order valence-corrected chi connectivity index (χ2v) is 21.3. The first-order valence-corrected chi connectivity index (χ1v) is 29.2. The molecule has 480 valence electrons. The number of primary amides is 1. The minimum Gasteiger partial charge on any atom is -0.480 e. The topological polar surface area (TPSA) is 536 Å². The molecule has 3 aromatic rings. The lowest BCUT2D eigenvalue weighted by Gasteiger charge is -2.29. The third-order valence-corrected chi connectivity index (χ3v) is 14.2. The molecule has 0 fully saturated rings. The van der Waals surface area contributed by atoms with Crippen LogP contribution in [0.5, 0.6) is 0 Å². The summed E-state index contributed by atoms with van der Waals surface area (Å²) in [6.07, 6.45) is 2.73. The fourth-order valence-electron chi connectivity index (χ4n) is 9.14. The molecule has 9 amide bonds. The molecule has 0 saturated carbocycles. The molecule has 30 heteroatoms. The number of carboxylic acids is 1. The standard InChI is InChI=1S/C57H91N19O11/c1-4-32(2)46(54(85)71-40(23-15-27-67-57(64)65)48(79)72-41(55(86)87)21-11-13-25-59)76-53(84)44(30-45(61)77)75-49(80)38(20-10-12-24-58)69-51(82)42(28-34-16-6-5-7-17-34)74-50(81)39(22-14-26-66-56(62)63)70-52(83)43(73-47(78)33(3)60)29-35-31-68-37-19-9-8-18-36(35)37/h5-9,16-19,31-33,38-44,46,68H,4,10-15,20-30,58-60H2,1-3H3,(H2,61,77)(H,69,82)(H,70,83)(H,71,85)(H,72,79)(H,73,78)(H,74,81)(H,75,80)(H,76,84)(H,86,87)(H4,62,63,66)(H4,64,65,67)/t32-,33-,38-,39-,40-,41-,42-,43-,44-,46-/m0/s1. The number of fused-ring (bicyclic) bond motifs is 1. The van der Waals surface area contributed by atoms with Crippen LogP contribution < -0.4 is 88.4 Å². The zero-order valence-corrected chi connectivity index (χ0v) is 49.8. The number of aliphatic imine (C=N–C) groups is 2. The molecule has 3 rings (SSSR count). The number of hydrogen-bond acceptors (Lipinski definition) is 15. The van der Waals surface area contributed by atoms with Gasteiger partial charge in [0.15, 0.2) is 11.9 Å². The van der Waals surface area contributed by atoms with E-state index in [2.05, 4.69) is 57.5 Å². The molecule has 26 N–H and O–H groups in total. The lowest BCUT2D eigenvalue weighted by molar-refractivity contribution is -0.142. The number of benzene rings is 2. The van der Waals surface area contributed by atoms with E-state index in [1.807, 2.05) is 24.3 Å². The van der Waals surface area contributed by atoms with E-state index in [1.54, 1.807) is 50.4 Å². The maximum Gasteiger partial charge on any atom is 0.326 e. The molecular formula is C57H91N19O11. The third kappa shape index (κ3) is 26.1. The lowest BCUT2D eigenvalue weighted by atomic mass is 9.96. The van der Waals surface area contributed by atoms with Crippen LogP contribution in [0.2, 0.25) is 0 Å². The van der Waals surface area contributed by atoms with E-state index in [1.165, 1.54) is 6.92 Å². The summed E-state index contributed by atoms with van der Waals surface area (Å²) in [7, 11) is 0. The summed E-state index contributed by atoms with van der Waals surface area (Å²) >= 11 is 0. The normalized spacial score (nSPS) is 14.5. The number of aromatic nitrogens is 1. The van der Waals surface area contributed by atoms with Crippen molar-refractivity contribution >= 4 is 82.0 Å². The van der Waals surface area contributed by atoms with Gasteiger partial charge in [-0.1, -0.05) is 68.8 Å². The molecule has 0 aliphatic rings. The van der Waals surface area contributed by atoms with E-state index < -0.39 is 126 Å². The summed E-state index contributed by atoms with van der Waals surface area (Å²) in [6.45, 7) is 5.39. The van der Waals surface area contributed by atoms with Gasteiger partial charge in [0.1, 0.15) is 48.3 Å². The van der Waals surface area contributed by atoms with E-state index in [0.717, 1.165) is 10.9 Å². The number of rotatable bonds is 41. The molecule has 2 aromatic carbocycles. The molecule has 0 aliphatic heterocycles. The summed E-state index contributed by atoms with van der Waals surface area (Å²) in [4.78, 5) is 149. The molecule has 10 atom stereocenters. The van der Waals surface area contributed by atoms with Gasteiger partial charge < -0.3 is 98.5 Å². The molecule has 0 unspecified atom stereocenters. The van der Waals surface area contributed by atoms with E-state index in [0.29, 0.717) is 36.9 Å². The highest BCUT2D eigenvalue weighted by molar-refractivity contribution is 5.99. The Kier molecular flexibility index (Phi) is 31.8. The molecule has 30 nitrogen and oxygen atoms in total. The number of nitrogens with one attached hydrogen (secondary N) is 9. The van der Waals surface area contributed by atoms with Gasteiger partial charge in [0.25, 0.3) is 0 Å². The Morgan fingerprint density at radius 2 is 0.931 bits per heavy atom. The highest BCUT2D eigenvalue weighted by atomic mass is 16.4. The van der Waals surface area contributed by atoms with E-state index >= 15 is 0 Å². The number of carboxylic acid groups (broad SMARTS) is 1. The van der Waals surface area contributed by atoms with Crippen molar-refractivity contribution in [3.8, 4) is 0 Å². The van der Waals surface area contributed by atoms with Crippen molar-refractivity contribution in [2.24, 2.45) is 61.8 Å². The fraction of sp³-hybridized carbons (Fsp3) is 0.544. The summed E-state index contributed by atoms with van der Waals surface area (Å²) < 4.78 is 0. The Labute approximate surface area is 505 Å². The molecule has 0 spiro atoms. The first kappa shape index (κ1) is 72.4. The van der Waals surface area contributed by atoms with Crippen molar-refractivity contribution in [2.75, 3.05) is 26.2 Å². The molecule has 0 saturated heterocycles. The van der Waals surface area contributed by atoms with Crippen LogP contribution in [-0.2, 0) is 60.8 Å². The van der Waals surface area contributed by atoms with Crippen LogP contribution in [0.25, 0.3) is 10.9 Å². The molecule has 87 heavy (non-hydrogen) atoms. The van der Waals surface area contributed by atoms with Crippen LogP contribution in [-0.4, -0.2) is 162 Å². The second kappa shape index (κ2) is 38.2. The minimum atomic E-state index is -1.74. The average Bonchev–Trinajstić information content (AvgIpc) is 2.64. The summed E-state index contributed by atoms with van der Waals surface area (Å²) in [5.41, 5.74) is 47.1. The van der Waals surface area contributed by atoms with Gasteiger partial charge in [-0.25, -0.2) is 4.79 Å². The van der Waals surface area contributed by atoms with Crippen molar-refractivity contribution in [1.82, 2.24) is 47.5 Å². The molecule has 1 aromatic heterocycles. The number of carbonyl (C=O) groups excluding carboxylic acids is 9. The number of amides is 9. The quantitative estimate of drug-likeness (QED) is 0.0149. The number of carbonyl (C=O) groups is 10. The first-order chi connectivity index (χ1) is 41.4. The van der Waals surface area contributed by atoms with Gasteiger partial charge in [-0.15, -0.1) is 0 Å². The minimum absolute atomic E-state index is 0.0160. The predicted molar refractivity (Wildman–Crippen MR) is 328 cm³/mol. The Hall–Kier alpha value is -8.90. The summed E-state index contributed by atoms with van der Waals surface area (Å²) in [5, 5.41) is 31.7. The molecule has 0 radical (unpaired) electrons. The van der Waals surface area contributed by atoms with Gasteiger partial charge in [0.2, 0.25) is 53.2 Å².